The van der Waals surface area contributed by atoms with Crippen LogP contribution in [0.3, 0.4) is 0 Å². The van der Waals surface area contributed by atoms with Gasteiger partial charge in [-0.15, -0.1) is 4.52 Å². The van der Waals surface area contributed by atoms with Crippen LogP contribution in [0.25, 0.3) is 0 Å². The Morgan fingerprint density at radius 2 is 1.50 bits per heavy atom. The summed E-state index contributed by atoms with van der Waals surface area (Å²) < 4.78 is 65.5. The molecule has 0 saturated heterocycles. The van der Waals surface area contributed by atoms with E-state index >= 15 is 0 Å². The summed E-state index contributed by atoms with van der Waals surface area (Å²) in [5.74, 6) is 0. The average Bonchev–Trinajstić information content (AvgIpc) is 2.61. The Morgan fingerprint density at radius 1 is 0.964 bits per heavy atom. The minimum absolute atomic E-state index is 0.0192. The van der Waals surface area contributed by atoms with Crippen molar-refractivity contribution in [2.24, 2.45) is 0 Å². The maximum Gasteiger partial charge on any atom is 0.551 e. The van der Waals surface area contributed by atoms with Crippen molar-refractivity contribution in [3.8, 4) is 0 Å². The SMILES string of the molecule is CC.CS(=O)(=O)N(c1ccc(N)c([P+](=O)OCc2ccccc2)c1)S(C)(=O)=O. The van der Waals surface area contributed by atoms with Gasteiger partial charge in [-0.2, -0.15) is 3.71 Å². The topological polar surface area (TPSA) is 124 Å². The Hall–Kier alpha value is -2.00. The first-order valence-corrected chi connectivity index (χ1v) is 13.1. The van der Waals surface area contributed by atoms with Gasteiger partial charge in [0, 0.05) is 6.07 Å². The first kappa shape index (κ1) is 24.0. The first-order valence-electron chi connectivity index (χ1n) is 8.24. The molecule has 154 valence electrons. The van der Waals surface area contributed by atoms with E-state index in [1.165, 1.54) is 12.1 Å². The summed E-state index contributed by atoms with van der Waals surface area (Å²) in [7, 11) is -10.7. The summed E-state index contributed by atoms with van der Waals surface area (Å²) in [6.07, 6.45) is 1.52. The van der Waals surface area contributed by atoms with Crippen molar-refractivity contribution in [1.82, 2.24) is 0 Å². The molecule has 0 radical (unpaired) electrons. The maximum absolute atomic E-state index is 12.4. The monoisotopic (exact) mass is 447 g/mol. The van der Waals surface area contributed by atoms with Crippen molar-refractivity contribution in [2.75, 3.05) is 22.0 Å². The second kappa shape index (κ2) is 9.97. The highest BCUT2D eigenvalue weighted by Crippen LogP contribution is 2.30. The molecule has 2 rings (SSSR count). The molecule has 1 atom stereocenters. The largest absolute Gasteiger partial charge is 0.551 e. The van der Waals surface area contributed by atoms with Crippen LogP contribution >= 0.6 is 8.03 Å². The third-order valence-corrected chi connectivity index (χ3v) is 7.61. The minimum atomic E-state index is -4.12. The third kappa shape index (κ3) is 6.56. The number of benzene rings is 2. The number of nitrogens with zero attached hydrogens (tertiary/aromatic N) is 1. The Bertz CT molecular complexity index is 993. The second-order valence-electron chi connectivity index (χ2n) is 5.48. The Labute approximate surface area is 167 Å². The van der Waals surface area contributed by atoms with E-state index in [1.807, 2.05) is 19.9 Å². The Kier molecular flexibility index (Phi) is 8.56. The van der Waals surface area contributed by atoms with Crippen molar-refractivity contribution >= 4 is 44.8 Å². The van der Waals surface area contributed by atoms with Crippen LogP contribution in [0.15, 0.2) is 48.5 Å². The zero-order chi connectivity index (χ0) is 21.5. The lowest BCUT2D eigenvalue weighted by atomic mass is 10.2. The number of sulfonamides is 2. The van der Waals surface area contributed by atoms with Crippen molar-refractivity contribution in [1.29, 1.82) is 0 Å². The fourth-order valence-corrected chi connectivity index (χ4v) is 6.10. The molecule has 8 nitrogen and oxygen atoms in total. The normalized spacial score (nSPS) is 11.9. The molecule has 0 aromatic heterocycles. The van der Waals surface area contributed by atoms with E-state index in [1.54, 1.807) is 24.3 Å². The van der Waals surface area contributed by atoms with Crippen LogP contribution in [0.2, 0.25) is 0 Å². The van der Waals surface area contributed by atoms with E-state index in [4.69, 9.17) is 10.3 Å². The highest BCUT2D eigenvalue weighted by molar-refractivity contribution is 8.09. The Morgan fingerprint density at radius 3 is 2.00 bits per heavy atom. The molecule has 1 unspecified atom stereocenters. The Balaban J connectivity index is 0.00000190. The molecule has 0 bridgehead atoms. The lowest BCUT2D eigenvalue weighted by Gasteiger charge is -2.19. The number of anilines is 2. The predicted octanol–water partition coefficient (Wildman–Crippen LogP) is 2.61. The molecule has 28 heavy (non-hydrogen) atoms. The fraction of sp³-hybridized carbons (Fsp3) is 0.294. The zero-order valence-electron chi connectivity index (χ0n) is 16.1. The van der Waals surface area contributed by atoms with Crippen molar-refractivity contribution < 1.29 is 25.9 Å². The van der Waals surface area contributed by atoms with Crippen LogP contribution in [0.4, 0.5) is 11.4 Å². The van der Waals surface area contributed by atoms with Crippen LogP contribution in [0.1, 0.15) is 19.4 Å². The van der Waals surface area contributed by atoms with Crippen LogP contribution in [0, 0.1) is 0 Å². The van der Waals surface area contributed by atoms with Gasteiger partial charge in [0.15, 0.2) is 0 Å². The number of nitrogens with two attached hydrogens (primary N) is 1. The van der Waals surface area contributed by atoms with Gasteiger partial charge in [-0.05, 0) is 22.3 Å². The van der Waals surface area contributed by atoms with Gasteiger partial charge in [-0.25, -0.2) is 16.8 Å². The summed E-state index contributed by atoms with van der Waals surface area (Å²) in [4.78, 5) is 0. The van der Waals surface area contributed by atoms with Crippen LogP contribution in [-0.4, -0.2) is 29.3 Å². The number of rotatable bonds is 7. The van der Waals surface area contributed by atoms with Gasteiger partial charge < -0.3 is 5.73 Å². The van der Waals surface area contributed by atoms with E-state index in [-0.39, 0.29) is 27.0 Å². The molecule has 0 aliphatic rings. The third-order valence-electron chi connectivity index (χ3n) is 3.22. The molecule has 0 saturated carbocycles. The van der Waals surface area contributed by atoms with E-state index in [0.717, 1.165) is 24.1 Å². The van der Waals surface area contributed by atoms with E-state index in [9.17, 15) is 21.4 Å². The first-order chi connectivity index (χ1) is 13.0. The molecular weight excluding hydrogens is 423 g/mol. The van der Waals surface area contributed by atoms with Gasteiger partial charge in [0.05, 0.1) is 23.9 Å². The number of hydrogen-bond donors (Lipinski definition) is 1. The molecule has 11 heteroatoms. The number of nitrogen functional groups attached to an aromatic ring is 1. The van der Waals surface area contributed by atoms with E-state index in [0.29, 0.717) is 0 Å². The summed E-state index contributed by atoms with van der Waals surface area (Å²) >= 11 is 0. The van der Waals surface area contributed by atoms with Crippen LogP contribution < -0.4 is 14.7 Å². The zero-order valence-corrected chi connectivity index (χ0v) is 18.6. The lowest BCUT2D eigenvalue weighted by Crippen LogP contribution is -2.35. The molecule has 0 amide bonds. The van der Waals surface area contributed by atoms with Gasteiger partial charge in [-0.1, -0.05) is 44.2 Å². The van der Waals surface area contributed by atoms with Crippen LogP contribution in [-0.2, 0) is 35.7 Å². The molecule has 2 N–H and O–H groups in total. The van der Waals surface area contributed by atoms with Crippen molar-refractivity contribution in [3.05, 3.63) is 54.1 Å². The summed E-state index contributed by atoms with van der Waals surface area (Å²) in [6, 6.07) is 12.7. The van der Waals surface area contributed by atoms with Gasteiger partial charge in [0.25, 0.3) is 0 Å². The molecule has 0 heterocycles. The molecule has 0 aliphatic heterocycles. The van der Waals surface area contributed by atoms with Gasteiger partial charge in [0.1, 0.15) is 6.61 Å². The quantitative estimate of drug-likeness (QED) is 0.511. The van der Waals surface area contributed by atoms with Gasteiger partial charge >= 0.3 is 8.03 Å². The highest BCUT2D eigenvalue weighted by Gasteiger charge is 2.32. The molecule has 2 aromatic rings. The molecule has 0 aliphatic carbocycles. The summed E-state index contributed by atoms with van der Waals surface area (Å²) in [6.45, 7) is 4.06. The molecule has 0 spiro atoms. The van der Waals surface area contributed by atoms with Gasteiger partial charge in [-0.3, -0.25) is 0 Å². The fourth-order valence-electron chi connectivity index (χ4n) is 2.21. The minimum Gasteiger partial charge on any atom is -0.395 e. The van der Waals surface area contributed by atoms with E-state index in [2.05, 4.69) is 0 Å². The second-order valence-corrected chi connectivity index (χ2v) is 10.6. The predicted molar refractivity (Wildman–Crippen MR) is 113 cm³/mol. The van der Waals surface area contributed by atoms with Crippen molar-refractivity contribution in [2.45, 2.75) is 20.5 Å². The molecule has 2 aromatic carbocycles. The average molecular weight is 447 g/mol. The van der Waals surface area contributed by atoms with Gasteiger partial charge in [0.2, 0.25) is 25.4 Å². The molecular formula is C17H24N2O6PS2+. The van der Waals surface area contributed by atoms with E-state index < -0.39 is 28.1 Å². The lowest BCUT2D eigenvalue weighted by molar-refractivity contribution is 0.325. The maximum atomic E-state index is 12.4. The number of hydrogen-bond acceptors (Lipinski definition) is 7. The highest BCUT2D eigenvalue weighted by atomic mass is 32.3. The standard InChI is InChI=1S/C15H18N2O6PS2.C2H6/c1-25(19,20)17(26(2,21)22)13-8-9-14(16)15(10-13)24(18)23-11-12-6-4-3-5-7-12;1-2/h3-10H,11,16H2,1-2H3;1-2H3/q+1;. The van der Waals surface area contributed by atoms with Crippen molar-refractivity contribution in [3.63, 3.8) is 0 Å². The molecule has 0 fully saturated rings. The summed E-state index contributed by atoms with van der Waals surface area (Å²) in [5.41, 5.74) is 6.50. The summed E-state index contributed by atoms with van der Waals surface area (Å²) in [5, 5.41) is 0.0192. The smallest absolute Gasteiger partial charge is 0.395 e. The van der Waals surface area contributed by atoms with Crippen LogP contribution in [0.5, 0.6) is 0 Å².